The number of hydrogen-bond donors (Lipinski definition) is 1. The van der Waals surface area contributed by atoms with E-state index in [2.05, 4.69) is 23.8 Å². The largest absolute Gasteiger partial charge is 0.301 e. The molecule has 14 heavy (non-hydrogen) atoms. The highest BCUT2D eigenvalue weighted by Gasteiger charge is 2.07. The fraction of sp³-hybridized carbons (Fsp3) is 0.600. The molecule has 0 aliphatic carbocycles. The average molecular weight is 212 g/mol. The van der Waals surface area contributed by atoms with E-state index in [0.717, 1.165) is 22.8 Å². The van der Waals surface area contributed by atoms with Crippen LogP contribution in [0.3, 0.4) is 0 Å². The van der Waals surface area contributed by atoms with Crippen molar-refractivity contribution in [2.75, 3.05) is 0 Å². The van der Waals surface area contributed by atoms with Gasteiger partial charge >= 0.3 is 0 Å². The first kappa shape index (κ1) is 11.3. The van der Waals surface area contributed by atoms with Gasteiger partial charge in [-0.25, -0.2) is 4.98 Å². The molecule has 0 radical (unpaired) electrons. The maximum Gasteiger partial charge on any atom is 0.254 e. The van der Waals surface area contributed by atoms with Gasteiger partial charge in [-0.2, -0.15) is 0 Å². The molecule has 0 amide bonds. The predicted molar refractivity (Wildman–Crippen MR) is 60.0 cm³/mol. The molecule has 3 nitrogen and oxygen atoms in total. The Kier molecular flexibility index (Phi) is 3.75. The molecule has 1 aromatic heterocycles. The third kappa shape index (κ3) is 2.61. The van der Waals surface area contributed by atoms with Crippen molar-refractivity contribution in [3.8, 4) is 0 Å². The summed E-state index contributed by atoms with van der Waals surface area (Å²) < 4.78 is 0. The SMILES string of the molecule is CCc1c(C)nc(SC(C)C)[nH]c1=O. The van der Waals surface area contributed by atoms with Crippen LogP contribution in [0.2, 0.25) is 0 Å². The maximum atomic E-state index is 11.6. The van der Waals surface area contributed by atoms with Crippen LogP contribution in [0.4, 0.5) is 0 Å². The fourth-order valence-electron chi connectivity index (χ4n) is 1.28. The minimum atomic E-state index is 0.00292. The Labute approximate surface area is 88.3 Å². The summed E-state index contributed by atoms with van der Waals surface area (Å²) in [5.74, 6) is 0. The predicted octanol–water partition coefficient (Wildman–Crippen LogP) is 2.14. The van der Waals surface area contributed by atoms with E-state index in [4.69, 9.17) is 0 Å². The van der Waals surface area contributed by atoms with Crippen molar-refractivity contribution in [2.24, 2.45) is 0 Å². The Morgan fingerprint density at radius 2 is 2.14 bits per heavy atom. The zero-order chi connectivity index (χ0) is 10.7. The smallest absolute Gasteiger partial charge is 0.254 e. The van der Waals surface area contributed by atoms with Crippen LogP contribution >= 0.6 is 11.8 Å². The normalized spacial score (nSPS) is 10.9. The first-order chi connectivity index (χ1) is 6.54. The lowest BCUT2D eigenvalue weighted by atomic mass is 10.2. The summed E-state index contributed by atoms with van der Waals surface area (Å²) in [6.07, 6.45) is 0.737. The Hall–Kier alpha value is -0.770. The number of H-pyrrole nitrogens is 1. The van der Waals surface area contributed by atoms with E-state index in [0.29, 0.717) is 5.25 Å². The fourth-order valence-corrected chi connectivity index (χ4v) is 2.07. The van der Waals surface area contributed by atoms with Crippen molar-refractivity contribution in [3.63, 3.8) is 0 Å². The van der Waals surface area contributed by atoms with Crippen molar-refractivity contribution >= 4 is 11.8 Å². The van der Waals surface area contributed by atoms with Crippen LogP contribution < -0.4 is 5.56 Å². The number of nitrogens with one attached hydrogen (secondary N) is 1. The second kappa shape index (κ2) is 4.64. The zero-order valence-corrected chi connectivity index (χ0v) is 9.86. The number of aromatic nitrogens is 2. The minimum absolute atomic E-state index is 0.00292. The van der Waals surface area contributed by atoms with Crippen LogP contribution in [-0.4, -0.2) is 15.2 Å². The van der Waals surface area contributed by atoms with Gasteiger partial charge in [-0.3, -0.25) is 4.79 Å². The van der Waals surface area contributed by atoms with E-state index >= 15 is 0 Å². The molecule has 1 heterocycles. The number of aromatic amines is 1. The summed E-state index contributed by atoms with van der Waals surface area (Å²) in [7, 11) is 0. The number of nitrogens with zero attached hydrogens (tertiary/aromatic N) is 1. The van der Waals surface area contributed by atoms with Crippen LogP contribution in [0.25, 0.3) is 0 Å². The molecular formula is C10H16N2OS. The molecule has 0 atom stereocenters. The second-order valence-electron chi connectivity index (χ2n) is 3.46. The molecule has 1 N–H and O–H groups in total. The molecule has 0 aliphatic heterocycles. The van der Waals surface area contributed by atoms with Crippen molar-refractivity contribution in [1.82, 2.24) is 9.97 Å². The van der Waals surface area contributed by atoms with E-state index in [1.807, 2.05) is 13.8 Å². The molecule has 0 aliphatic rings. The lowest BCUT2D eigenvalue weighted by molar-refractivity contribution is 0.854. The topological polar surface area (TPSA) is 45.8 Å². The minimum Gasteiger partial charge on any atom is -0.301 e. The van der Waals surface area contributed by atoms with Crippen LogP contribution in [0.1, 0.15) is 32.0 Å². The molecule has 0 saturated carbocycles. The van der Waals surface area contributed by atoms with Crippen molar-refractivity contribution in [1.29, 1.82) is 0 Å². The Balaban J connectivity index is 3.08. The molecular weight excluding hydrogens is 196 g/mol. The Bertz CT molecular complexity index is 371. The summed E-state index contributed by atoms with van der Waals surface area (Å²) in [6.45, 7) is 8.01. The molecule has 0 saturated heterocycles. The standard InChI is InChI=1S/C10H16N2OS/c1-5-8-7(4)11-10(12-9(8)13)14-6(2)3/h6H,5H2,1-4H3,(H,11,12,13). The lowest BCUT2D eigenvalue weighted by Crippen LogP contribution is -2.16. The zero-order valence-electron chi connectivity index (χ0n) is 9.05. The number of rotatable bonds is 3. The lowest BCUT2D eigenvalue weighted by Gasteiger charge is -2.06. The molecule has 1 rings (SSSR count). The van der Waals surface area contributed by atoms with Gasteiger partial charge in [0, 0.05) is 16.5 Å². The molecule has 78 valence electrons. The molecule has 0 fully saturated rings. The van der Waals surface area contributed by atoms with Crippen LogP contribution in [0, 0.1) is 6.92 Å². The van der Waals surface area contributed by atoms with Crippen LogP contribution in [0.15, 0.2) is 9.95 Å². The number of aryl methyl sites for hydroxylation is 1. The van der Waals surface area contributed by atoms with E-state index < -0.39 is 0 Å². The molecule has 0 spiro atoms. The maximum absolute atomic E-state index is 11.6. The van der Waals surface area contributed by atoms with Gasteiger partial charge in [0.1, 0.15) is 0 Å². The molecule has 0 bridgehead atoms. The van der Waals surface area contributed by atoms with Gasteiger partial charge in [0.25, 0.3) is 5.56 Å². The molecule has 0 unspecified atom stereocenters. The third-order valence-corrected chi connectivity index (χ3v) is 2.79. The summed E-state index contributed by atoms with van der Waals surface area (Å²) in [5, 5.41) is 1.16. The molecule has 1 aromatic rings. The van der Waals surface area contributed by atoms with E-state index in [1.54, 1.807) is 11.8 Å². The molecule has 0 aromatic carbocycles. The number of hydrogen-bond acceptors (Lipinski definition) is 3. The van der Waals surface area contributed by atoms with Crippen molar-refractivity contribution in [2.45, 2.75) is 44.5 Å². The van der Waals surface area contributed by atoms with Gasteiger partial charge in [0.2, 0.25) is 0 Å². The molecule has 4 heteroatoms. The van der Waals surface area contributed by atoms with E-state index in [-0.39, 0.29) is 5.56 Å². The van der Waals surface area contributed by atoms with Gasteiger partial charge in [0.15, 0.2) is 5.16 Å². The monoisotopic (exact) mass is 212 g/mol. The average Bonchev–Trinajstić information content (AvgIpc) is 2.01. The van der Waals surface area contributed by atoms with Gasteiger partial charge in [-0.1, -0.05) is 32.5 Å². The third-order valence-electron chi connectivity index (χ3n) is 1.90. The first-order valence-electron chi connectivity index (χ1n) is 4.81. The number of thioether (sulfide) groups is 1. The van der Waals surface area contributed by atoms with Gasteiger partial charge in [0.05, 0.1) is 0 Å². The summed E-state index contributed by atoms with van der Waals surface area (Å²) >= 11 is 1.58. The summed E-state index contributed by atoms with van der Waals surface area (Å²) in [5.41, 5.74) is 1.64. The highest BCUT2D eigenvalue weighted by atomic mass is 32.2. The van der Waals surface area contributed by atoms with Crippen LogP contribution in [0.5, 0.6) is 0 Å². The highest BCUT2D eigenvalue weighted by Crippen LogP contribution is 2.17. The quantitative estimate of drug-likeness (QED) is 0.617. The summed E-state index contributed by atoms with van der Waals surface area (Å²) in [4.78, 5) is 18.7. The van der Waals surface area contributed by atoms with E-state index in [1.165, 1.54) is 0 Å². The second-order valence-corrected chi connectivity index (χ2v) is 5.02. The highest BCUT2D eigenvalue weighted by molar-refractivity contribution is 7.99. The van der Waals surface area contributed by atoms with Crippen LogP contribution in [-0.2, 0) is 6.42 Å². The summed E-state index contributed by atoms with van der Waals surface area (Å²) in [6, 6.07) is 0. The van der Waals surface area contributed by atoms with Gasteiger partial charge < -0.3 is 4.98 Å². The van der Waals surface area contributed by atoms with Crippen molar-refractivity contribution < 1.29 is 0 Å². The van der Waals surface area contributed by atoms with Gasteiger partial charge in [-0.05, 0) is 13.3 Å². The Morgan fingerprint density at radius 1 is 1.50 bits per heavy atom. The van der Waals surface area contributed by atoms with E-state index in [9.17, 15) is 4.79 Å². The first-order valence-corrected chi connectivity index (χ1v) is 5.69. The van der Waals surface area contributed by atoms with Crippen molar-refractivity contribution in [3.05, 3.63) is 21.6 Å². The van der Waals surface area contributed by atoms with Gasteiger partial charge in [-0.15, -0.1) is 0 Å². The Morgan fingerprint density at radius 3 is 2.57 bits per heavy atom.